The van der Waals surface area contributed by atoms with Gasteiger partial charge in [-0.2, -0.15) is 0 Å². The summed E-state index contributed by atoms with van der Waals surface area (Å²) in [5, 5.41) is 10.7. The van der Waals surface area contributed by atoms with Crippen molar-refractivity contribution in [1.82, 2.24) is 0 Å². The third-order valence-electron chi connectivity index (χ3n) is 19.3. The smallest absolute Gasteiger partial charge is 0.462 e. The molecule has 0 saturated heterocycles. The number of ether oxygens (including phenoxy) is 4. The minimum absolute atomic E-state index is 0.0845. The van der Waals surface area contributed by atoms with Gasteiger partial charge in [-0.15, -0.1) is 0 Å². The number of rotatable bonds is 81. The molecule has 0 aliphatic heterocycles. The van der Waals surface area contributed by atoms with Crippen molar-refractivity contribution < 1.29 is 80.2 Å². The van der Waals surface area contributed by atoms with Crippen LogP contribution in [0.15, 0.2) is 24.3 Å². The van der Waals surface area contributed by atoms with Gasteiger partial charge < -0.3 is 33.8 Å². The van der Waals surface area contributed by atoms with Gasteiger partial charge in [0.25, 0.3) is 0 Å². The van der Waals surface area contributed by atoms with Crippen LogP contribution in [-0.4, -0.2) is 96.7 Å². The van der Waals surface area contributed by atoms with Crippen molar-refractivity contribution in [2.45, 2.75) is 439 Å². The Kier molecular flexibility index (Phi) is 72.9. The van der Waals surface area contributed by atoms with E-state index in [0.29, 0.717) is 25.7 Å². The lowest BCUT2D eigenvalue weighted by Crippen LogP contribution is -2.30. The molecule has 0 aromatic rings. The normalized spacial score (nSPS) is 14.0. The van der Waals surface area contributed by atoms with Crippen molar-refractivity contribution in [3.63, 3.8) is 0 Å². The van der Waals surface area contributed by atoms with Gasteiger partial charge in [-0.3, -0.25) is 37.3 Å². The minimum Gasteiger partial charge on any atom is -0.462 e. The van der Waals surface area contributed by atoms with Gasteiger partial charge in [0.05, 0.1) is 26.4 Å². The fourth-order valence-electron chi connectivity index (χ4n) is 12.7. The lowest BCUT2D eigenvalue weighted by molar-refractivity contribution is -0.161. The van der Waals surface area contributed by atoms with E-state index in [0.717, 1.165) is 127 Å². The van der Waals surface area contributed by atoms with Gasteiger partial charge in [-0.1, -0.05) is 368 Å². The summed E-state index contributed by atoms with van der Waals surface area (Å²) in [6.45, 7) is 11.9. The fourth-order valence-corrected chi connectivity index (χ4v) is 14.2. The second-order valence-electron chi connectivity index (χ2n) is 31.3. The quantitative estimate of drug-likeness (QED) is 0.0169. The van der Waals surface area contributed by atoms with E-state index >= 15 is 0 Å². The molecule has 0 aliphatic rings. The Bertz CT molecular complexity index is 2100. The van der Waals surface area contributed by atoms with Crippen LogP contribution < -0.4 is 0 Å². The highest BCUT2D eigenvalue weighted by Crippen LogP contribution is 2.45. The van der Waals surface area contributed by atoms with Gasteiger partial charge in [0.15, 0.2) is 12.2 Å². The lowest BCUT2D eigenvalue weighted by Gasteiger charge is -2.21. The molecule has 0 radical (unpaired) electrons. The first-order valence-corrected chi connectivity index (χ1v) is 46.2. The molecule has 3 N–H and O–H groups in total. The molecular formula is C85H162O17P2. The van der Waals surface area contributed by atoms with Crippen LogP contribution in [0, 0.1) is 17.8 Å². The van der Waals surface area contributed by atoms with E-state index in [1.54, 1.807) is 0 Å². The Morgan fingerprint density at radius 1 is 0.298 bits per heavy atom. The van der Waals surface area contributed by atoms with Crippen LogP contribution in [-0.2, 0) is 65.4 Å². The van der Waals surface area contributed by atoms with Crippen LogP contribution in [0.4, 0.5) is 0 Å². The van der Waals surface area contributed by atoms with Gasteiger partial charge >= 0.3 is 39.5 Å². The third-order valence-corrected chi connectivity index (χ3v) is 21.2. The van der Waals surface area contributed by atoms with Crippen LogP contribution in [0.2, 0.25) is 0 Å². The average Bonchev–Trinajstić information content (AvgIpc) is 0.907. The van der Waals surface area contributed by atoms with E-state index in [4.69, 9.17) is 37.0 Å². The number of phosphoric ester groups is 2. The van der Waals surface area contributed by atoms with E-state index < -0.39 is 97.5 Å². The number of allylic oxidation sites excluding steroid dienone is 4. The molecule has 0 rings (SSSR count). The van der Waals surface area contributed by atoms with Gasteiger partial charge in [-0.25, -0.2) is 9.13 Å². The third kappa shape index (κ3) is 77.7. The Hall–Kier alpha value is -2.46. The largest absolute Gasteiger partial charge is 0.472 e. The van der Waals surface area contributed by atoms with Crippen molar-refractivity contribution in [3.05, 3.63) is 24.3 Å². The van der Waals surface area contributed by atoms with Crippen LogP contribution in [0.3, 0.4) is 0 Å². The van der Waals surface area contributed by atoms with E-state index in [1.165, 1.54) is 212 Å². The van der Waals surface area contributed by atoms with E-state index in [9.17, 15) is 43.2 Å². The van der Waals surface area contributed by atoms with Crippen molar-refractivity contribution in [3.8, 4) is 0 Å². The zero-order valence-electron chi connectivity index (χ0n) is 68.0. The van der Waals surface area contributed by atoms with Gasteiger partial charge in [0.1, 0.15) is 19.3 Å². The summed E-state index contributed by atoms with van der Waals surface area (Å²) in [5.41, 5.74) is 0. The molecule has 104 heavy (non-hydrogen) atoms. The second-order valence-corrected chi connectivity index (χ2v) is 34.2. The molecule has 0 aromatic carbocycles. The van der Waals surface area contributed by atoms with E-state index in [2.05, 4.69) is 72.8 Å². The number of phosphoric acid groups is 2. The Balaban J connectivity index is 5.28. The van der Waals surface area contributed by atoms with Crippen LogP contribution in [0.25, 0.3) is 0 Å². The number of aliphatic hydroxyl groups is 1. The maximum absolute atomic E-state index is 13.1. The SMILES string of the molecule is CCCCCC/C=C\C=C/CCCCCCCC(=O)O[C@H](COC(=O)CCCCCCCCCCC(C)C)COP(=O)(O)OC[C@H](O)COP(=O)(O)OC[C@@H](COC(=O)CCCCCCCCCCCCCCCCCCC(C)C)OC(=O)CCCCCCCCCCCCCCCCCCC(C)C. The van der Waals surface area contributed by atoms with Crippen LogP contribution in [0.1, 0.15) is 421 Å². The van der Waals surface area contributed by atoms with Crippen LogP contribution >= 0.6 is 15.6 Å². The summed E-state index contributed by atoms with van der Waals surface area (Å²) in [7, 11) is -9.94. The topological polar surface area (TPSA) is 237 Å². The monoisotopic (exact) mass is 1520 g/mol. The summed E-state index contributed by atoms with van der Waals surface area (Å²) < 4.78 is 68.8. The van der Waals surface area contributed by atoms with Crippen molar-refractivity contribution in [1.29, 1.82) is 0 Å². The second kappa shape index (κ2) is 74.6. The maximum Gasteiger partial charge on any atom is 0.472 e. The van der Waals surface area contributed by atoms with Gasteiger partial charge in [0.2, 0.25) is 0 Å². The molecule has 0 amide bonds. The summed E-state index contributed by atoms with van der Waals surface area (Å²) in [4.78, 5) is 73.2. The van der Waals surface area contributed by atoms with Crippen molar-refractivity contribution in [2.75, 3.05) is 39.6 Å². The first-order chi connectivity index (χ1) is 50.2. The number of unbranched alkanes of at least 4 members (excludes halogenated alkanes) is 46. The number of carbonyl (C=O) groups excluding carboxylic acids is 4. The highest BCUT2D eigenvalue weighted by atomic mass is 31.2. The molecule has 19 heteroatoms. The molecule has 0 aromatic heterocycles. The molecule has 0 heterocycles. The number of carbonyl (C=O) groups is 4. The predicted octanol–water partition coefficient (Wildman–Crippen LogP) is 25.3. The minimum atomic E-state index is -4.97. The standard InChI is InChI=1S/C85H162O17P2/c1-8-9-10-11-12-13-14-15-20-28-33-38-47-54-61-68-85(90)102-81(73-96-83(88)67-60-53-46-41-40-44-51-58-65-78(6)7)75-100-104(93,94)98-71-79(86)70-97-103(91,92)99-74-80(101-84(89)69-62-55-48-39-34-29-24-19-17-22-26-31-36-43-50-57-64-77(4)5)72-95-82(87)66-59-52-45-37-32-27-23-18-16-21-25-30-35-42-49-56-63-76(2)3/h13-15,20,76-81,86H,8-12,16-19,21-75H2,1-7H3,(H,91,92)(H,93,94)/b14-13-,20-15-/t79-,80-,81-/m1/s1. The molecule has 614 valence electrons. The first kappa shape index (κ1) is 102. The zero-order chi connectivity index (χ0) is 76.5. The Labute approximate surface area is 637 Å². The summed E-state index contributed by atoms with van der Waals surface area (Å²) in [6.07, 6.45) is 67.5. The van der Waals surface area contributed by atoms with Gasteiger partial charge in [-0.05, 0) is 69.1 Å². The molecule has 5 atom stereocenters. The maximum atomic E-state index is 13.1. The molecule has 0 fully saturated rings. The van der Waals surface area contributed by atoms with Crippen LogP contribution in [0.5, 0.6) is 0 Å². The molecule has 0 spiro atoms. The first-order valence-electron chi connectivity index (χ1n) is 43.2. The highest BCUT2D eigenvalue weighted by Gasteiger charge is 2.30. The van der Waals surface area contributed by atoms with Crippen molar-refractivity contribution >= 4 is 39.5 Å². The number of hydrogen-bond donors (Lipinski definition) is 3. The number of aliphatic hydroxyl groups excluding tert-OH is 1. The summed E-state index contributed by atoms with van der Waals surface area (Å²) in [5.74, 6) is 0.206. The summed E-state index contributed by atoms with van der Waals surface area (Å²) in [6, 6.07) is 0. The van der Waals surface area contributed by atoms with Gasteiger partial charge in [0, 0.05) is 25.7 Å². The average molecular weight is 1520 g/mol. The fraction of sp³-hybridized carbons (Fsp3) is 0.906. The van der Waals surface area contributed by atoms with E-state index in [1.807, 2.05) is 0 Å². The number of hydrogen-bond acceptors (Lipinski definition) is 15. The summed E-state index contributed by atoms with van der Waals surface area (Å²) >= 11 is 0. The molecule has 2 unspecified atom stereocenters. The molecular weight excluding hydrogens is 1350 g/mol. The molecule has 0 saturated carbocycles. The Morgan fingerprint density at radius 2 is 0.519 bits per heavy atom. The van der Waals surface area contributed by atoms with Crippen molar-refractivity contribution in [2.24, 2.45) is 17.8 Å². The number of esters is 4. The Morgan fingerprint density at radius 3 is 0.779 bits per heavy atom. The predicted molar refractivity (Wildman–Crippen MR) is 427 cm³/mol. The molecule has 0 aliphatic carbocycles. The highest BCUT2D eigenvalue weighted by molar-refractivity contribution is 7.47. The van der Waals surface area contributed by atoms with E-state index in [-0.39, 0.29) is 25.7 Å². The lowest BCUT2D eigenvalue weighted by atomic mass is 10.0. The molecule has 17 nitrogen and oxygen atoms in total. The molecule has 0 bridgehead atoms. The zero-order valence-corrected chi connectivity index (χ0v) is 69.8.